The molecule has 1 fully saturated rings. The van der Waals surface area contributed by atoms with Crippen LogP contribution >= 0.6 is 0 Å². The summed E-state index contributed by atoms with van der Waals surface area (Å²) in [6, 6.07) is 0. The second-order valence-electron chi connectivity index (χ2n) is 3.62. The summed E-state index contributed by atoms with van der Waals surface area (Å²) in [5, 5.41) is 7.65. The molecule has 1 aromatic heterocycles. The summed E-state index contributed by atoms with van der Waals surface area (Å²) in [5.41, 5.74) is 6.08. The van der Waals surface area contributed by atoms with Gasteiger partial charge in [-0.05, 0) is 0 Å². The molecule has 0 atom stereocenters. The molecule has 16 heavy (non-hydrogen) atoms. The molecule has 1 aromatic rings. The molecule has 1 aliphatic rings. The molecule has 0 spiro atoms. The van der Waals surface area contributed by atoms with Crippen LogP contribution in [0.25, 0.3) is 0 Å². The molecule has 0 unspecified atom stereocenters. The molecule has 7 nitrogen and oxygen atoms in total. The van der Waals surface area contributed by atoms with Crippen molar-refractivity contribution in [1.29, 1.82) is 0 Å². The Hall–Kier alpha value is -1.76. The molecule has 86 valence electrons. The molecule has 2 N–H and O–H groups in total. The molecule has 1 saturated heterocycles. The molecule has 0 bridgehead atoms. The van der Waals surface area contributed by atoms with Crippen LogP contribution in [0, 0.1) is 0 Å². The molecule has 7 heteroatoms. The monoisotopic (exact) mass is 223 g/mol. The molecule has 2 rings (SSSR count). The van der Waals surface area contributed by atoms with Gasteiger partial charge in [0, 0.05) is 32.1 Å². The minimum absolute atomic E-state index is 0.107. The summed E-state index contributed by atoms with van der Waals surface area (Å²) in [7, 11) is 0. The summed E-state index contributed by atoms with van der Waals surface area (Å²) in [4.78, 5) is 23.9. The van der Waals surface area contributed by atoms with Crippen molar-refractivity contribution in [3.05, 3.63) is 11.9 Å². The minimum Gasteiger partial charge on any atom is -0.325 e. The van der Waals surface area contributed by atoms with Gasteiger partial charge in [0.25, 0.3) is 0 Å². The fraction of sp³-hybridized carbons (Fsp3) is 0.556. The molecular weight excluding hydrogens is 210 g/mol. The Bertz CT molecular complexity index is 398. The number of aromatic nitrogens is 3. The molecule has 1 aliphatic heterocycles. The van der Waals surface area contributed by atoms with Gasteiger partial charge >= 0.3 is 0 Å². The van der Waals surface area contributed by atoms with Gasteiger partial charge in [0.1, 0.15) is 0 Å². The Kier molecular flexibility index (Phi) is 2.95. The van der Waals surface area contributed by atoms with Crippen LogP contribution in [0.5, 0.6) is 0 Å². The maximum atomic E-state index is 11.3. The standard InChI is InChI=1S/C9H13N5O2/c10-5-7-6-13(12-11-7)3-4-14-8(15)1-2-9(14)16/h6H,1-5,10H2. The van der Waals surface area contributed by atoms with E-state index in [9.17, 15) is 9.59 Å². The Balaban J connectivity index is 1.91. The molecule has 0 saturated carbocycles. The lowest BCUT2D eigenvalue weighted by atomic mass is 10.4. The number of nitrogens with two attached hydrogens (primary N) is 1. The van der Waals surface area contributed by atoms with Gasteiger partial charge in [0.2, 0.25) is 11.8 Å². The summed E-state index contributed by atoms with van der Waals surface area (Å²) in [5.74, 6) is -0.215. The number of carbonyl (C=O) groups excluding carboxylic acids is 2. The zero-order valence-electron chi connectivity index (χ0n) is 8.80. The second kappa shape index (κ2) is 4.40. The maximum absolute atomic E-state index is 11.3. The Morgan fingerprint density at radius 2 is 1.94 bits per heavy atom. The molecule has 0 aliphatic carbocycles. The average molecular weight is 223 g/mol. The third-order valence-electron chi connectivity index (χ3n) is 2.50. The lowest BCUT2D eigenvalue weighted by Crippen LogP contribution is -2.32. The van der Waals surface area contributed by atoms with Gasteiger partial charge in [0.05, 0.1) is 12.2 Å². The third-order valence-corrected chi connectivity index (χ3v) is 2.50. The van der Waals surface area contributed by atoms with Crippen LogP contribution < -0.4 is 5.73 Å². The van der Waals surface area contributed by atoms with Crippen molar-refractivity contribution in [3.8, 4) is 0 Å². The van der Waals surface area contributed by atoms with E-state index in [0.717, 1.165) is 0 Å². The van der Waals surface area contributed by atoms with Gasteiger partial charge in [-0.15, -0.1) is 5.10 Å². The molecule has 0 radical (unpaired) electrons. The van der Waals surface area contributed by atoms with Crippen LogP contribution in [0.2, 0.25) is 0 Å². The fourth-order valence-corrected chi connectivity index (χ4v) is 1.62. The molecule has 2 heterocycles. The van der Waals surface area contributed by atoms with Crippen molar-refractivity contribution in [1.82, 2.24) is 19.9 Å². The highest BCUT2D eigenvalue weighted by atomic mass is 16.2. The zero-order chi connectivity index (χ0) is 11.5. The number of carbonyl (C=O) groups is 2. The summed E-state index contributed by atoms with van der Waals surface area (Å²) in [6.07, 6.45) is 2.36. The predicted octanol–water partition coefficient (Wildman–Crippen LogP) is -1.11. The smallest absolute Gasteiger partial charge is 0.229 e. The van der Waals surface area contributed by atoms with E-state index in [1.807, 2.05) is 0 Å². The third kappa shape index (κ3) is 2.08. The quantitative estimate of drug-likeness (QED) is 0.653. The van der Waals surface area contributed by atoms with Crippen LogP contribution in [0.4, 0.5) is 0 Å². The fourth-order valence-electron chi connectivity index (χ4n) is 1.62. The number of imide groups is 1. The number of rotatable bonds is 4. The number of hydrogen-bond donors (Lipinski definition) is 1. The molecule has 0 aromatic carbocycles. The first kappa shape index (κ1) is 10.7. The van der Waals surface area contributed by atoms with Gasteiger partial charge in [0.15, 0.2) is 0 Å². The maximum Gasteiger partial charge on any atom is 0.229 e. The lowest BCUT2D eigenvalue weighted by Gasteiger charge is -2.12. The number of likely N-dealkylation sites (tertiary alicyclic amines) is 1. The van der Waals surface area contributed by atoms with E-state index < -0.39 is 0 Å². The summed E-state index contributed by atoms with van der Waals surface area (Å²) < 4.78 is 1.58. The topological polar surface area (TPSA) is 94.1 Å². The first-order valence-corrected chi connectivity index (χ1v) is 5.13. The van der Waals surface area contributed by atoms with Gasteiger partial charge in [-0.1, -0.05) is 5.21 Å². The Morgan fingerprint density at radius 1 is 1.25 bits per heavy atom. The van der Waals surface area contributed by atoms with E-state index in [1.165, 1.54) is 4.90 Å². The zero-order valence-corrected chi connectivity index (χ0v) is 8.80. The first-order valence-electron chi connectivity index (χ1n) is 5.13. The Labute approximate surface area is 92.2 Å². The molecular formula is C9H13N5O2. The summed E-state index contributed by atoms with van der Waals surface area (Å²) >= 11 is 0. The van der Waals surface area contributed by atoms with E-state index in [0.29, 0.717) is 38.2 Å². The average Bonchev–Trinajstić information content (AvgIpc) is 2.85. The normalized spacial score (nSPS) is 16.2. The van der Waals surface area contributed by atoms with Crippen LogP contribution in [0.1, 0.15) is 18.5 Å². The predicted molar refractivity (Wildman–Crippen MR) is 53.9 cm³/mol. The van der Waals surface area contributed by atoms with Crippen molar-refractivity contribution in [2.45, 2.75) is 25.9 Å². The van der Waals surface area contributed by atoms with Crippen LogP contribution in [-0.4, -0.2) is 38.3 Å². The highest BCUT2D eigenvalue weighted by Gasteiger charge is 2.28. The van der Waals surface area contributed by atoms with Crippen molar-refractivity contribution in [2.75, 3.05) is 6.54 Å². The number of hydrogen-bond acceptors (Lipinski definition) is 5. The van der Waals surface area contributed by atoms with Gasteiger partial charge in [-0.3, -0.25) is 19.2 Å². The highest BCUT2D eigenvalue weighted by molar-refractivity contribution is 6.01. The van der Waals surface area contributed by atoms with Crippen molar-refractivity contribution >= 4 is 11.8 Å². The van der Waals surface area contributed by atoms with Gasteiger partial charge < -0.3 is 5.73 Å². The van der Waals surface area contributed by atoms with E-state index >= 15 is 0 Å². The van der Waals surface area contributed by atoms with Crippen LogP contribution in [-0.2, 0) is 22.7 Å². The SMILES string of the molecule is NCc1cn(CCN2C(=O)CCC2=O)nn1. The van der Waals surface area contributed by atoms with Crippen molar-refractivity contribution in [3.63, 3.8) is 0 Å². The van der Waals surface area contributed by atoms with Crippen LogP contribution in [0.3, 0.4) is 0 Å². The second-order valence-corrected chi connectivity index (χ2v) is 3.62. The van der Waals surface area contributed by atoms with Gasteiger partial charge in [-0.2, -0.15) is 0 Å². The van der Waals surface area contributed by atoms with Crippen LogP contribution in [0.15, 0.2) is 6.20 Å². The number of amides is 2. The van der Waals surface area contributed by atoms with Gasteiger partial charge in [-0.25, -0.2) is 0 Å². The van der Waals surface area contributed by atoms with E-state index in [2.05, 4.69) is 10.3 Å². The Morgan fingerprint density at radius 3 is 2.50 bits per heavy atom. The van der Waals surface area contributed by atoms with Crippen molar-refractivity contribution in [2.24, 2.45) is 5.73 Å². The minimum atomic E-state index is -0.107. The number of nitrogens with zero attached hydrogens (tertiary/aromatic N) is 4. The van der Waals surface area contributed by atoms with E-state index in [-0.39, 0.29) is 11.8 Å². The molecule has 2 amide bonds. The van der Waals surface area contributed by atoms with E-state index in [4.69, 9.17) is 5.73 Å². The van der Waals surface area contributed by atoms with Crippen molar-refractivity contribution < 1.29 is 9.59 Å². The lowest BCUT2D eigenvalue weighted by molar-refractivity contribution is -0.138. The summed E-state index contributed by atoms with van der Waals surface area (Å²) in [6.45, 7) is 1.15. The van der Waals surface area contributed by atoms with E-state index in [1.54, 1.807) is 10.9 Å². The highest BCUT2D eigenvalue weighted by Crippen LogP contribution is 2.11. The first-order chi connectivity index (χ1) is 7.70. The largest absolute Gasteiger partial charge is 0.325 e.